The lowest BCUT2D eigenvalue weighted by atomic mass is 9.98. The molecule has 1 aliphatic heterocycles. The number of pyridine rings is 1. The first-order chi connectivity index (χ1) is 14.7. The number of carbonyl (C=O) groups excluding carboxylic acids is 1. The monoisotopic (exact) mass is 445 g/mol. The largest absolute Gasteiger partial charge is 0.462 e. The first-order valence-corrected chi connectivity index (χ1v) is 11.0. The number of aromatic nitrogens is 1. The quantitative estimate of drug-likeness (QED) is 0.667. The second-order valence-corrected chi connectivity index (χ2v) is 9.04. The van der Waals surface area contributed by atoms with Crippen molar-refractivity contribution in [2.75, 3.05) is 6.54 Å². The van der Waals surface area contributed by atoms with Gasteiger partial charge in [0.25, 0.3) is 11.5 Å². The highest BCUT2D eigenvalue weighted by Crippen LogP contribution is 2.49. The van der Waals surface area contributed by atoms with Crippen LogP contribution < -0.4 is 21.3 Å². The summed E-state index contributed by atoms with van der Waals surface area (Å²) in [5.41, 5.74) is 8.82. The molecular formula is C23H28ClN3O4. The van der Waals surface area contributed by atoms with E-state index in [4.69, 9.17) is 26.8 Å². The molecule has 2 heterocycles. The number of H-pyrrole nitrogens is 1. The minimum atomic E-state index is -0.721. The van der Waals surface area contributed by atoms with Crippen LogP contribution in [0.4, 0.5) is 0 Å². The van der Waals surface area contributed by atoms with Crippen molar-refractivity contribution in [2.24, 2.45) is 11.7 Å². The van der Waals surface area contributed by atoms with Gasteiger partial charge >= 0.3 is 0 Å². The molecule has 1 amide bonds. The molecule has 1 spiro atoms. The second kappa shape index (κ2) is 8.30. The number of hydrogen-bond acceptors (Lipinski definition) is 5. The molecule has 7 nitrogen and oxygen atoms in total. The Bertz CT molecular complexity index is 1080. The minimum Gasteiger partial charge on any atom is -0.462 e. The van der Waals surface area contributed by atoms with Crippen molar-refractivity contribution in [2.45, 2.75) is 58.5 Å². The van der Waals surface area contributed by atoms with Gasteiger partial charge in [-0.25, -0.2) is 0 Å². The molecule has 31 heavy (non-hydrogen) atoms. The number of nitrogens with two attached hydrogens (primary N) is 1. The van der Waals surface area contributed by atoms with Gasteiger partial charge in [0.2, 0.25) is 5.79 Å². The fraction of sp³-hybridized carbons (Fsp3) is 0.478. The third-order valence-corrected chi connectivity index (χ3v) is 6.45. The van der Waals surface area contributed by atoms with Gasteiger partial charge < -0.3 is 25.5 Å². The van der Waals surface area contributed by atoms with E-state index >= 15 is 0 Å². The van der Waals surface area contributed by atoms with Gasteiger partial charge in [-0.3, -0.25) is 9.59 Å². The number of fused-ring (bicyclic) bond motifs is 1. The highest BCUT2D eigenvalue weighted by Gasteiger charge is 2.47. The van der Waals surface area contributed by atoms with Gasteiger partial charge in [0.15, 0.2) is 0 Å². The Morgan fingerprint density at radius 3 is 2.81 bits per heavy atom. The molecule has 1 saturated carbocycles. The molecular weight excluding hydrogens is 418 g/mol. The Morgan fingerprint density at radius 1 is 1.35 bits per heavy atom. The van der Waals surface area contributed by atoms with Gasteiger partial charge in [-0.2, -0.15) is 0 Å². The summed E-state index contributed by atoms with van der Waals surface area (Å²) in [4.78, 5) is 28.1. The summed E-state index contributed by atoms with van der Waals surface area (Å²) in [5, 5.41) is 3.25. The Balaban J connectivity index is 1.60. The number of aromatic amines is 1. The Labute approximate surface area is 186 Å². The molecule has 1 aromatic heterocycles. The maximum absolute atomic E-state index is 13.1. The topological polar surface area (TPSA) is 106 Å². The SMILES string of the molecule is Cc1cc(C)c(CNC(=O)c2cc(Cl)cc3c2C(C)OC2(CCC(CN)C2)O3)c(=O)[nH]1. The summed E-state index contributed by atoms with van der Waals surface area (Å²) in [5.74, 6) is -0.134. The lowest BCUT2D eigenvalue weighted by Gasteiger charge is -2.40. The standard InChI is InChI=1S/C23H28ClN3O4/c1-12-6-13(2)27-22(29)18(12)11-26-21(28)17-7-16(24)8-19-20(17)14(3)30-23(31-19)5-4-15(9-23)10-25/h6-8,14-15H,4-5,9-11,25H2,1-3H3,(H,26,28)(H,27,29). The molecule has 1 aromatic carbocycles. The van der Waals surface area contributed by atoms with Gasteiger partial charge in [0.05, 0.1) is 11.7 Å². The molecule has 0 radical (unpaired) electrons. The van der Waals surface area contributed by atoms with Gasteiger partial charge in [0, 0.05) is 41.2 Å². The van der Waals surface area contributed by atoms with Crippen LogP contribution in [0.25, 0.3) is 0 Å². The van der Waals surface area contributed by atoms with Crippen LogP contribution in [-0.4, -0.2) is 23.2 Å². The van der Waals surface area contributed by atoms with Gasteiger partial charge in [-0.15, -0.1) is 0 Å². The molecule has 1 fully saturated rings. The van der Waals surface area contributed by atoms with Gasteiger partial charge in [-0.05, 0) is 63.4 Å². The first kappa shape index (κ1) is 21.9. The number of halogens is 1. The summed E-state index contributed by atoms with van der Waals surface area (Å²) in [7, 11) is 0. The predicted molar refractivity (Wildman–Crippen MR) is 118 cm³/mol. The maximum atomic E-state index is 13.1. The molecule has 2 aromatic rings. The number of nitrogens with one attached hydrogen (secondary N) is 2. The van der Waals surface area contributed by atoms with E-state index in [9.17, 15) is 9.59 Å². The van der Waals surface area contributed by atoms with Crippen LogP contribution in [0.3, 0.4) is 0 Å². The molecule has 1 aliphatic carbocycles. The van der Waals surface area contributed by atoms with Crippen LogP contribution in [0.15, 0.2) is 23.0 Å². The van der Waals surface area contributed by atoms with E-state index in [-0.39, 0.29) is 24.1 Å². The van der Waals surface area contributed by atoms with Gasteiger partial charge in [-0.1, -0.05) is 11.6 Å². The zero-order chi connectivity index (χ0) is 22.3. The highest BCUT2D eigenvalue weighted by molar-refractivity contribution is 6.31. The number of ether oxygens (including phenoxy) is 2. The first-order valence-electron chi connectivity index (χ1n) is 10.6. The van der Waals surface area contributed by atoms with Crippen molar-refractivity contribution in [3.63, 3.8) is 0 Å². The summed E-state index contributed by atoms with van der Waals surface area (Å²) < 4.78 is 12.6. The van der Waals surface area contributed by atoms with Crippen LogP contribution in [0.5, 0.6) is 5.75 Å². The van der Waals surface area contributed by atoms with E-state index in [0.717, 1.165) is 30.5 Å². The van der Waals surface area contributed by atoms with Crippen molar-refractivity contribution in [3.05, 3.63) is 61.5 Å². The van der Waals surface area contributed by atoms with E-state index < -0.39 is 5.79 Å². The lowest BCUT2D eigenvalue weighted by Crippen LogP contribution is -2.42. The van der Waals surface area contributed by atoms with Crippen LogP contribution in [-0.2, 0) is 11.3 Å². The summed E-state index contributed by atoms with van der Waals surface area (Å²) in [6.45, 7) is 6.29. The maximum Gasteiger partial charge on any atom is 0.253 e. The van der Waals surface area contributed by atoms with Crippen molar-refractivity contribution < 1.29 is 14.3 Å². The summed E-state index contributed by atoms with van der Waals surface area (Å²) in [6.07, 6.45) is 2.07. The Hall–Kier alpha value is -2.35. The third kappa shape index (κ3) is 4.22. The van der Waals surface area contributed by atoms with E-state index in [1.807, 2.05) is 26.8 Å². The second-order valence-electron chi connectivity index (χ2n) is 8.61. The molecule has 3 unspecified atom stereocenters. The summed E-state index contributed by atoms with van der Waals surface area (Å²) in [6, 6.07) is 5.23. The molecule has 0 bridgehead atoms. The van der Waals surface area contributed by atoms with Crippen LogP contribution in [0, 0.1) is 19.8 Å². The zero-order valence-corrected chi connectivity index (χ0v) is 18.8. The Morgan fingerprint density at radius 2 is 2.13 bits per heavy atom. The number of hydrogen-bond donors (Lipinski definition) is 3. The number of rotatable bonds is 4. The van der Waals surface area contributed by atoms with E-state index in [0.29, 0.717) is 39.9 Å². The van der Waals surface area contributed by atoms with E-state index in [1.165, 1.54) is 0 Å². The fourth-order valence-corrected chi connectivity index (χ4v) is 4.93. The molecule has 4 N–H and O–H groups in total. The molecule has 0 saturated heterocycles. The molecule has 8 heteroatoms. The smallest absolute Gasteiger partial charge is 0.253 e. The molecule has 4 rings (SSSR count). The van der Waals surface area contributed by atoms with Crippen molar-refractivity contribution in [3.8, 4) is 5.75 Å². The number of amides is 1. The number of carbonyl (C=O) groups is 1. The molecule has 2 aliphatic rings. The van der Waals surface area contributed by atoms with Crippen LogP contribution in [0.1, 0.15) is 65.0 Å². The summed E-state index contributed by atoms with van der Waals surface area (Å²) >= 11 is 6.33. The number of benzene rings is 1. The van der Waals surface area contributed by atoms with E-state index in [1.54, 1.807) is 12.1 Å². The molecule has 166 valence electrons. The van der Waals surface area contributed by atoms with Gasteiger partial charge in [0.1, 0.15) is 5.75 Å². The average Bonchev–Trinajstić information content (AvgIpc) is 3.07. The van der Waals surface area contributed by atoms with E-state index in [2.05, 4.69) is 10.3 Å². The third-order valence-electron chi connectivity index (χ3n) is 6.23. The lowest BCUT2D eigenvalue weighted by molar-refractivity contribution is -0.222. The number of aryl methyl sites for hydroxylation is 2. The van der Waals surface area contributed by atoms with Crippen LogP contribution in [0.2, 0.25) is 5.02 Å². The zero-order valence-electron chi connectivity index (χ0n) is 18.0. The fourth-order valence-electron chi connectivity index (χ4n) is 4.72. The van der Waals surface area contributed by atoms with Crippen molar-refractivity contribution in [1.29, 1.82) is 0 Å². The molecule has 3 atom stereocenters. The predicted octanol–water partition coefficient (Wildman–Crippen LogP) is 3.50. The normalized spacial score (nSPS) is 24.7. The Kier molecular flexibility index (Phi) is 5.85. The van der Waals surface area contributed by atoms with Crippen LogP contribution >= 0.6 is 11.6 Å². The highest BCUT2D eigenvalue weighted by atomic mass is 35.5. The minimum absolute atomic E-state index is 0.111. The van der Waals surface area contributed by atoms with Crippen molar-refractivity contribution in [1.82, 2.24) is 10.3 Å². The average molecular weight is 446 g/mol. The van der Waals surface area contributed by atoms with Crippen molar-refractivity contribution >= 4 is 17.5 Å².